The summed E-state index contributed by atoms with van der Waals surface area (Å²) in [4.78, 5) is 0. The lowest BCUT2D eigenvalue weighted by atomic mass is 9.80. The summed E-state index contributed by atoms with van der Waals surface area (Å²) >= 11 is 0. The molecule has 0 heterocycles. The lowest BCUT2D eigenvalue weighted by Crippen LogP contribution is -2.28. The maximum Gasteiger partial charge on any atom is 0.0573 e. The van der Waals surface area contributed by atoms with Crippen LogP contribution in [-0.4, -0.2) is 11.2 Å². The summed E-state index contributed by atoms with van der Waals surface area (Å²) in [6.07, 6.45) is 3.41. The van der Waals surface area contributed by atoms with Crippen molar-refractivity contribution < 1.29 is 5.11 Å². The minimum absolute atomic E-state index is 0.0973. The van der Waals surface area contributed by atoms with Crippen molar-refractivity contribution in [3.05, 3.63) is 0 Å². The SMILES string of the molecule is CC(C)C1CCC(C)(C)CC(O)C1C. The standard InChI is InChI=1S/C13H26O/c1-9(2)11-6-7-13(4,5)8-12(14)10(11)3/h9-12,14H,6-8H2,1-5H3. The second-order valence-corrected chi connectivity index (χ2v) is 6.24. The monoisotopic (exact) mass is 198 g/mol. The topological polar surface area (TPSA) is 20.2 Å². The van der Waals surface area contributed by atoms with Crippen molar-refractivity contribution in [3.63, 3.8) is 0 Å². The second-order valence-electron chi connectivity index (χ2n) is 6.24. The van der Waals surface area contributed by atoms with Crippen LogP contribution in [0.3, 0.4) is 0 Å². The van der Waals surface area contributed by atoms with Gasteiger partial charge in [-0.25, -0.2) is 0 Å². The van der Waals surface area contributed by atoms with E-state index in [0.29, 0.717) is 23.2 Å². The van der Waals surface area contributed by atoms with Gasteiger partial charge in [0.2, 0.25) is 0 Å². The zero-order valence-electron chi connectivity index (χ0n) is 10.4. The Kier molecular flexibility index (Phi) is 3.63. The van der Waals surface area contributed by atoms with Crippen LogP contribution in [0.15, 0.2) is 0 Å². The highest BCUT2D eigenvalue weighted by atomic mass is 16.3. The second kappa shape index (κ2) is 4.22. The van der Waals surface area contributed by atoms with E-state index in [-0.39, 0.29) is 6.10 Å². The first-order valence-electron chi connectivity index (χ1n) is 6.01. The van der Waals surface area contributed by atoms with Gasteiger partial charge < -0.3 is 5.11 Å². The Morgan fingerprint density at radius 3 is 2.36 bits per heavy atom. The Labute approximate surface area is 88.9 Å². The minimum atomic E-state index is -0.0973. The molecule has 0 spiro atoms. The van der Waals surface area contributed by atoms with Gasteiger partial charge in [-0.15, -0.1) is 0 Å². The van der Waals surface area contributed by atoms with Crippen LogP contribution in [0.2, 0.25) is 0 Å². The lowest BCUT2D eigenvalue weighted by Gasteiger charge is -2.28. The smallest absolute Gasteiger partial charge is 0.0573 e. The number of rotatable bonds is 1. The van der Waals surface area contributed by atoms with Gasteiger partial charge in [-0.1, -0.05) is 34.6 Å². The van der Waals surface area contributed by atoms with Crippen molar-refractivity contribution in [2.45, 2.75) is 60.0 Å². The quantitative estimate of drug-likeness (QED) is 0.640. The third kappa shape index (κ3) is 2.73. The third-order valence-electron chi connectivity index (χ3n) is 4.05. The molecule has 14 heavy (non-hydrogen) atoms. The van der Waals surface area contributed by atoms with E-state index >= 15 is 0 Å². The molecule has 0 aromatic heterocycles. The van der Waals surface area contributed by atoms with Gasteiger partial charge in [-0.05, 0) is 42.4 Å². The molecule has 3 unspecified atom stereocenters. The molecule has 84 valence electrons. The Morgan fingerprint density at radius 2 is 1.86 bits per heavy atom. The summed E-state index contributed by atoms with van der Waals surface area (Å²) in [5.74, 6) is 1.87. The highest BCUT2D eigenvalue weighted by Gasteiger charge is 2.35. The van der Waals surface area contributed by atoms with Crippen LogP contribution in [0.1, 0.15) is 53.9 Å². The maximum absolute atomic E-state index is 10.1. The molecular weight excluding hydrogens is 172 g/mol. The molecule has 1 nitrogen and oxygen atoms in total. The maximum atomic E-state index is 10.1. The Hall–Kier alpha value is -0.0400. The largest absolute Gasteiger partial charge is 0.393 e. The van der Waals surface area contributed by atoms with Crippen LogP contribution in [0.25, 0.3) is 0 Å². The van der Waals surface area contributed by atoms with Crippen molar-refractivity contribution in [2.24, 2.45) is 23.2 Å². The van der Waals surface area contributed by atoms with Crippen LogP contribution in [0.4, 0.5) is 0 Å². The molecule has 0 aliphatic heterocycles. The third-order valence-corrected chi connectivity index (χ3v) is 4.05. The van der Waals surface area contributed by atoms with Crippen molar-refractivity contribution in [3.8, 4) is 0 Å². The molecule has 0 saturated heterocycles. The number of hydrogen-bond acceptors (Lipinski definition) is 1. The van der Waals surface area contributed by atoms with Crippen LogP contribution in [-0.2, 0) is 0 Å². The first-order valence-corrected chi connectivity index (χ1v) is 6.01. The Morgan fingerprint density at radius 1 is 1.29 bits per heavy atom. The molecule has 0 amide bonds. The fourth-order valence-electron chi connectivity index (χ4n) is 2.90. The highest BCUT2D eigenvalue weighted by molar-refractivity contribution is 4.86. The van der Waals surface area contributed by atoms with Gasteiger partial charge in [0.1, 0.15) is 0 Å². The van der Waals surface area contributed by atoms with Crippen LogP contribution in [0.5, 0.6) is 0 Å². The van der Waals surface area contributed by atoms with Gasteiger partial charge in [-0.2, -0.15) is 0 Å². The van der Waals surface area contributed by atoms with Crippen molar-refractivity contribution in [1.82, 2.24) is 0 Å². The molecule has 0 aromatic rings. The summed E-state index contributed by atoms with van der Waals surface area (Å²) < 4.78 is 0. The molecule has 1 rings (SSSR count). The van der Waals surface area contributed by atoms with E-state index in [1.54, 1.807) is 0 Å². The van der Waals surface area contributed by atoms with Gasteiger partial charge in [0.05, 0.1) is 6.10 Å². The lowest BCUT2D eigenvalue weighted by molar-refractivity contribution is 0.0538. The zero-order chi connectivity index (χ0) is 10.9. The van der Waals surface area contributed by atoms with Crippen molar-refractivity contribution >= 4 is 0 Å². The average molecular weight is 198 g/mol. The molecule has 1 N–H and O–H groups in total. The van der Waals surface area contributed by atoms with E-state index in [9.17, 15) is 5.11 Å². The first-order chi connectivity index (χ1) is 6.33. The van der Waals surface area contributed by atoms with E-state index in [0.717, 1.165) is 6.42 Å². The van der Waals surface area contributed by atoms with E-state index in [1.807, 2.05) is 0 Å². The van der Waals surface area contributed by atoms with E-state index in [4.69, 9.17) is 0 Å². The average Bonchev–Trinajstić information content (AvgIpc) is 2.10. The molecule has 0 bridgehead atoms. The summed E-state index contributed by atoms with van der Waals surface area (Å²) in [7, 11) is 0. The molecule has 1 aliphatic carbocycles. The zero-order valence-corrected chi connectivity index (χ0v) is 10.4. The Bertz CT molecular complexity index is 184. The number of aliphatic hydroxyl groups excluding tert-OH is 1. The van der Waals surface area contributed by atoms with Crippen molar-refractivity contribution in [1.29, 1.82) is 0 Å². The molecular formula is C13H26O. The minimum Gasteiger partial charge on any atom is -0.393 e. The first kappa shape index (κ1) is 12.0. The summed E-state index contributed by atoms with van der Waals surface area (Å²) in [6, 6.07) is 0. The molecule has 1 heteroatoms. The molecule has 1 fully saturated rings. The number of hydrogen-bond donors (Lipinski definition) is 1. The fraction of sp³-hybridized carbons (Fsp3) is 1.00. The summed E-state index contributed by atoms with van der Waals surface area (Å²) in [6.45, 7) is 11.4. The number of aliphatic hydroxyl groups is 1. The summed E-state index contributed by atoms with van der Waals surface area (Å²) in [5, 5.41) is 10.1. The van der Waals surface area contributed by atoms with Crippen LogP contribution in [0, 0.1) is 23.2 Å². The predicted molar refractivity (Wildman–Crippen MR) is 61.1 cm³/mol. The van der Waals surface area contributed by atoms with Gasteiger partial charge in [0.25, 0.3) is 0 Å². The molecule has 0 radical (unpaired) electrons. The van der Waals surface area contributed by atoms with E-state index in [2.05, 4.69) is 34.6 Å². The van der Waals surface area contributed by atoms with Gasteiger partial charge in [0.15, 0.2) is 0 Å². The van der Waals surface area contributed by atoms with Gasteiger partial charge >= 0.3 is 0 Å². The molecule has 1 saturated carbocycles. The fourth-order valence-corrected chi connectivity index (χ4v) is 2.90. The highest BCUT2D eigenvalue weighted by Crippen LogP contribution is 2.41. The van der Waals surface area contributed by atoms with Crippen LogP contribution < -0.4 is 0 Å². The molecule has 3 atom stereocenters. The van der Waals surface area contributed by atoms with Gasteiger partial charge in [-0.3, -0.25) is 0 Å². The molecule has 1 aliphatic rings. The van der Waals surface area contributed by atoms with Crippen LogP contribution >= 0.6 is 0 Å². The van der Waals surface area contributed by atoms with E-state index < -0.39 is 0 Å². The predicted octanol–water partition coefficient (Wildman–Crippen LogP) is 3.47. The van der Waals surface area contributed by atoms with E-state index in [1.165, 1.54) is 12.8 Å². The van der Waals surface area contributed by atoms with Gasteiger partial charge in [0, 0.05) is 0 Å². The summed E-state index contributed by atoms with van der Waals surface area (Å²) in [5.41, 5.74) is 0.331. The Balaban J connectivity index is 2.74. The normalized spacial score (nSPS) is 38.4. The van der Waals surface area contributed by atoms with Crippen molar-refractivity contribution in [2.75, 3.05) is 0 Å². The molecule has 0 aromatic carbocycles.